The number of halogens is 3. The highest BCUT2D eigenvalue weighted by atomic mass is 32.2. The Labute approximate surface area is 219 Å². The van der Waals surface area contributed by atoms with Gasteiger partial charge in [-0.25, -0.2) is 8.42 Å². The molecular weight excluding hydrogens is 519 g/mol. The first-order valence-electron chi connectivity index (χ1n) is 11.7. The molecule has 0 spiro atoms. The van der Waals surface area contributed by atoms with Gasteiger partial charge in [0.25, 0.3) is 10.0 Å². The number of anilines is 1. The van der Waals surface area contributed by atoms with E-state index in [1.54, 1.807) is 49.4 Å². The van der Waals surface area contributed by atoms with Crippen molar-refractivity contribution < 1.29 is 31.2 Å². The summed E-state index contributed by atoms with van der Waals surface area (Å²) in [6.45, 7) is 2.40. The largest absolute Gasteiger partial charge is 0.416 e. The maximum Gasteiger partial charge on any atom is 0.416 e. The first-order valence-corrected chi connectivity index (χ1v) is 13.1. The Morgan fingerprint density at radius 1 is 0.947 bits per heavy atom. The number of rotatable bonds is 9. The van der Waals surface area contributed by atoms with Crippen LogP contribution in [0.25, 0.3) is 0 Å². The van der Waals surface area contributed by atoms with Gasteiger partial charge in [0.15, 0.2) is 0 Å². The summed E-state index contributed by atoms with van der Waals surface area (Å²) in [6.07, 6.45) is -4.73. The molecule has 7 nitrogen and oxygen atoms in total. The van der Waals surface area contributed by atoms with Gasteiger partial charge >= 0.3 is 6.18 Å². The molecule has 0 aliphatic carbocycles. The van der Waals surface area contributed by atoms with Crippen LogP contribution < -0.4 is 9.62 Å². The first kappa shape index (κ1) is 28.7. The molecule has 0 radical (unpaired) electrons. The van der Waals surface area contributed by atoms with Gasteiger partial charge in [-0.2, -0.15) is 13.2 Å². The molecular formula is C27H28F3N3O4S. The number of likely N-dealkylation sites (N-methyl/N-ethyl adjacent to an activating group) is 1. The molecule has 0 saturated heterocycles. The van der Waals surface area contributed by atoms with E-state index in [-0.39, 0.29) is 17.1 Å². The van der Waals surface area contributed by atoms with Gasteiger partial charge in [0.05, 0.1) is 16.1 Å². The molecule has 0 fully saturated rings. The van der Waals surface area contributed by atoms with Gasteiger partial charge in [0, 0.05) is 13.6 Å². The lowest BCUT2D eigenvalue weighted by molar-refractivity contribution is -0.139. The monoisotopic (exact) mass is 547 g/mol. The number of nitrogens with zero attached hydrogens (tertiary/aromatic N) is 2. The normalized spacial score (nSPS) is 12.5. The van der Waals surface area contributed by atoms with Crippen LogP contribution in [0.3, 0.4) is 0 Å². The average molecular weight is 548 g/mol. The molecule has 3 aromatic rings. The molecule has 2 amide bonds. The van der Waals surface area contributed by atoms with Crippen LogP contribution in [0.1, 0.15) is 23.6 Å². The molecule has 0 aromatic heterocycles. The van der Waals surface area contributed by atoms with Gasteiger partial charge in [-0.1, -0.05) is 54.1 Å². The first-order chi connectivity index (χ1) is 17.8. The van der Waals surface area contributed by atoms with Crippen LogP contribution in [0.5, 0.6) is 0 Å². The maximum absolute atomic E-state index is 13.7. The van der Waals surface area contributed by atoms with Gasteiger partial charge in [0.1, 0.15) is 12.6 Å². The van der Waals surface area contributed by atoms with Gasteiger partial charge in [-0.3, -0.25) is 13.9 Å². The minimum absolute atomic E-state index is 0.0186. The number of aryl methyl sites for hydroxylation is 1. The molecule has 0 bridgehead atoms. The van der Waals surface area contributed by atoms with Gasteiger partial charge in [-0.05, 0) is 49.7 Å². The number of nitrogens with one attached hydrogen (secondary N) is 1. The smallest absolute Gasteiger partial charge is 0.357 e. The topological polar surface area (TPSA) is 86.8 Å². The molecule has 38 heavy (non-hydrogen) atoms. The third-order valence-corrected chi connectivity index (χ3v) is 7.75. The van der Waals surface area contributed by atoms with E-state index in [0.717, 1.165) is 17.7 Å². The van der Waals surface area contributed by atoms with Crippen LogP contribution in [0, 0.1) is 6.92 Å². The average Bonchev–Trinajstić information content (AvgIpc) is 2.89. The van der Waals surface area contributed by atoms with E-state index in [9.17, 15) is 31.2 Å². The summed E-state index contributed by atoms with van der Waals surface area (Å²) < 4.78 is 68.4. The minimum Gasteiger partial charge on any atom is -0.357 e. The van der Waals surface area contributed by atoms with Crippen molar-refractivity contribution in [1.82, 2.24) is 10.2 Å². The van der Waals surface area contributed by atoms with Gasteiger partial charge in [0.2, 0.25) is 11.8 Å². The Morgan fingerprint density at radius 2 is 1.58 bits per heavy atom. The van der Waals surface area contributed by atoms with Crippen LogP contribution in [0.4, 0.5) is 18.9 Å². The maximum atomic E-state index is 13.7. The fourth-order valence-corrected chi connectivity index (χ4v) is 5.18. The minimum atomic E-state index is -4.73. The summed E-state index contributed by atoms with van der Waals surface area (Å²) in [5, 5.41) is 2.47. The lowest BCUT2D eigenvalue weighted by Gasteiger charge is -2.32. The summed E-state index contributed by atoms with van der Waals surface area (Å²) in [5.41, 5.74) is 0.0649. The molecule has 3 aromatic carbocycles. The highest BCUT2D eigenvalue weighted by Crippen LogP contribution is 2.33. The Kier molecular flexibility index (Phi) is 8.82. The van der Waals surface area contributed by atoms with Crippen molar-refractivity contribution in [3.63, 3.8) is 0 Å². The zero-order valence-corrected chi connectivity index (χ0v) is 21.9. The summed E-state index contributed by atoms with van der Waals surface area (Å²) >= 11 is 0. The van der Waals surface area contributed by atoms with Crippen molar-refractivity contribution in [3.8, 4) is 0 Å². The van der Waals surface area contributed by atoms with E-state index < -0.39 is 46.2 Å². The standard InChI is InChI=1S/C27H28F3N3O4S/c1-19-12-14-24(15-13-19)38(36,37)33(23-11-7-10-22(16-23)27(28,29)30)18-25(34)32(20(2)26(35)31-3)17-21-8-5-4-6-9-21/h4-16,20H,17-18H2,1-3H3,(H,31,35). The zero-order chi connectivity index (χ0) is 28.1. The van der Waals surface area contributed by atoms with Crippen molar-refractivity contribution in [2.75, 3.05) is 17.9 Å². The number of carbonyl (C=O) groups is 2. The second-order valence-corrected chi connectivity index (χ2v) is 10.5. The summed E-state index contributed by atoms with van der Waals surface area (Å²) in [4.78, 5) is 27.1. The second kappa shape index (κ2) is 11.7. The Balaban J connectivity index is 2.09. The number of hydrogen-bond acceptors (Lipinski definition) is 4. The third kappa shape index (κ3) is 6.71. The predicted molar refractivity (Wildman–Crippen MR) is 138 cm³/mol. The van der Waals surface area contributed by atoms with Gasteiger partial charge in [-0.15, -0.1) is 0 Å². The summed E-state index contributed by atoms with van der Waals surface area (Å²) in [6, 6.07) is 17.3. The van der Waals surface area contributed by atoms with Gasteiger partial charge < -0.3 is 10.2 Å². The van der Waals surface area contributed by atoms with E-state index in [2.05, 4.69) is 5.32 Å². The molecule has 3 rings (SSSR count). The molecule has 202 valence electrons. The van der Waals surface area contributed by atoms with Crippen LogP contribution >= 0.6 is 0 Å². The fraction of sp³-hybridized carbons (Fsp3) is 0.259. The SMILES string of the molecule is CNC(=O)C(C)N(Cc1ccccc1)C(=O)CN(c1cccc(C(F)(F)F)c1)S(=O)(=O)c1ccc(C)cc1. The summed E-state index contributed by atoms with van der Waals surface area (Å²) in [7, 11) is -3.06. The number of alkyl halides is 3. The Morgan fingerprint density at radius 3 is 2.16 bits per heavy atom. The molecule has 1 unspecified atom stereocenters. The van der Waals surface area contributed by atoms with E-state index in [4.69, 9.17) is 0 Å². The number of amides is 2. The molecule has 11 heteroatoms. The van der Waals surface area contributed by atoms with Crippen molar-refractivity contribution >= 4 is 27.5 Å². The number of carbonyl (C=O) groups excluding carboxylic acids is 2. The van der Waals surface area contributed by atoms with Crippen molar-refractivity contribution in [2.45, 2.75) is 37.5 Å². The highest BCUT2D eigenvalue weighted by Gasteiger charge is 2.35. The Bertz CT molecular complexity index is 1380. The molecule has 1 atom stereocenters. The lowest BCUT2D eigenvalue weighted by atomic mass is 10.1. The molecule has 0 heterocycles. The van der Waals surface area contributed by atoms with E-state index in [1.165, 1.54) is 37.1 Å². The second-order valence-electron chi connectivity index (χ2n) is 8.67. The van der Waals surface area contributed by atoms with Crippen molar-refractivity contribution in [3.05, 3.63) is 95.6 Å². The molecule has 0 saturated carbocycles. The van der Waals surface area contributed by atoms with Crippen LogP contribution in [0.2, 0.25) is 0 Å². The third-order valence-electron chi connectivity index (χ3n) is 5.96. The predicted octanol–water partition coefficient (Wildman–Crippen LogP) is 4.37. The van der Waals surface area contributed by atoms with E-state index in [0.29, 0.717) is 15.9 Å². The van der Waals surface area contributed by atoms with E-state index in [1.807, 2.05) is 0 Å². The highest BCUT2D eigenvalue weighted by molar-refractivity contribution is 7.92. The quantitative estimate of drug-likeness (QED) is 0.431. The molecule has 1 N–H and O–H groups in total. The number of sulfonamides is 1. The lowest BCUT2D eigenvalue weighted by Crippen LogP contribution is -2.50. The van der Waals surface area contributed by atoms with Crippen LogP contribution in [-0.2, 0) is 32.3 Å². The Hall–Kier alpha value is -3.86. The number of benzene rings is 3. The van der Waals surface area contributed by atoms with Crippen molar-refractivity contribution in [1.29, 1.82) is 0 Å². The summed E-state index contributed by atoms with van der Waals surface area (Å²) in [5.74, 6) is -1.25. The van der Waals surface area contributed by atoms with Crippen molar-refractivity contribution in [2.24, 2.45) is 0 Å². The fourth-order valence-electron chi connectivity index (χ4n) is 3.78. The zero-order valence-electron chi connectivity index (χ0n) is 21.1. The number of hydrogen-bond donors (Lipinski definition) is 1. The molecule has 0 aliphatic rings. The van der Waals surface area contributed by atoms with Crippen LogP contribution in [-0.4, -0.2) is 44.8 Å². The molecule has 0 aliphatic heterocycles. The van der Waals surface area contributed by atoms with Crippen LogP contribution in [0.15, 0.2) is 83.8 Å². The van der Waals surface area contributed by atoms with E-state index >= 15 is 0 Å².